The molecule has 1 aliphatic heterocycles. The summed E-state index contributed by atoms with van der Waals surface area (Å²) in [5.74, 6) is -7.65. The van der Waals surface area contributed by atoms with Crippen LogP contribution in [0.4, 0.5) is 0 Å². The molecule has 27 heteroatoms. The van der Waals surface area contributed by atoms with Crippen molar-refractivity contribution < 1.29 is 47.9 Å². The van der Waals surface area contributed by atoms with Crippen LogP contribution in [0.15, 0.2) is 30.0 Å². The van der Waals surface area contributed by atoms with Crippen molar-refractivity contribution in [3.63, 3.8) is 0 Å². The number of amides is 10. The Hall–Kier alpha value is -7.61. The summed E-state index contributed by atoms with van der Waals surface area (Å²) in [7, 11) is 0. The Morgan fingerprint density at radius 3 is 1.55 bits per heavy atom. The van der Waals surface area contributed by atoms with Crippen molar-refractivity contribution in [2.24, 2.45) is 45.7 Å². The highest BCUT2D eigenvalue weighted by Crippen LogP contribution is 2.21. The van der Waals surface area contributed by atoms with E-state index >= 15 is 0 Å². The van der Waals surface area contributed by atoms with E-state index in [-0.39, 0.29) is 94.6 Å². The van der Waals surface area contributed by atoms with Crippen molar-refractivity contribution in [3.05, 3.63) is 36.4 Å². The minimum Gasteiger partial charge on any atom is -0.370 e. The zero-order valence-corrected chi connectivity index (χ0v) is 44.0. The number of nitrogens with two attached hydrogens (primary N) is 4. The number of imidazole rings is 2. The molecule has 0 bridgehead atoms. The molecule has 0 aliphatic carbocycles. The van der Waals surface area contributed by atoms with Gasteiger partial charge in [0.15, 0.2) is 5.96 Å². The lowest BCUT2D eigenvalue weighted by Crippen LogP contribution is -2.60. The van der Waals surface area contributed by atoms with E-state index in [9.17, 15) is 47.9 Å². The molecule has 416 valence electrons. The minimum atomic E-state index is -1.48. The van der Waals surface area contributed by atoms with Gasteiger partial charge >= 0.3 is 0 Å². The number of rotatable bonds is 32. The van der Waals surface area contributed by atoms with Crippen LogP contribution in [-0.4, -0.2) is 151 Å². The van der Waals surface area contributed by atoms with E-state index < -0.39 is 107 Å². The molecular formula is C48H79N17O10. The highest BCUT2D eigenvalue weighted by atomic mass is 16.2. The number of likely N-dealkylation sites (tertiary alicyclic amines) is 1. The standard InChI is InChI=1S/C48H79N17O10/c1-25(2)16-33(40(50)68)61-41(69)31(10-8-14-55-48(51)52)59-42(70)32(12-13-39(49)67)60-44(72)35(18-27(5)6)62-45(73)36(19-29-21-53-23-56-29)63-46(74)38-11-9-15-65(38)47(75)37(20-30-22-54-24-57-30)64-43(71)34(17-26(3)4)58-28(7)66/h21-27,31-38H,8-20H2,1-7H3,(H2,49,67)(H2,50,68)(H,53,56)(H,54,57)(H,58,66)(H,59,70)(H,60,72)(H,61,69)(H,62,73)(H,63,74)(H,64,71)(H4,51,52,55)/t31-,32-,33-,34-,35-,36-,37-,38-/m0/s1. The average molecular weight is 1050 g/mol. The summed E-state index contributed by atoms with van der Waals surface area (Å²) in [6.45, 7) is 12.5. The van der Waals surface area contributed by atoms with Gasteiger partial charge in [-0.15, -0.1) is 0 Å². The zero-order chi connectivity index (χ0) is 55.9. The molecule has 27 nitrogen and oxygen atoms in total. The predicted octanol–water partition coefficient (Wildman–Crippen LogP) is -2.73. The van der Waals surface area contributed by atoms with Gasteiger partial charge in [-0.25, -0.2) is 9.97 Å². The second-order valence-corrected chi connectivity index (χ2v) is 20.1. The van der Waals surface area contributed by atoms with Gasteiger partial charge in [-0.05, 0) is 69.1 Å². The molecule has 0 spiro atoms. The predicted molar refractivity (Wildman–Crippen MR) is 274 cm³/mol. The number of hydrogen-bond donors (Lipinski definition) is 13. The highest BCUT2D eigenvalue weighted by molar-refractivity contribution is 5.98. The third kappa shape index (κ3) is 21.8. The largest absolute Gasteiger partial charge is 0.370 e. The van der Waals surface area contributed by atoms with Crippen LogP contribution in [-0.2, 0) is 60.8 Å². The minimum absolute atomic E-state index is 0.0131. The molecular weight excluding hydrogens is 975 g/mol. The molecule has 75 heavy (non-hydrogen) atoms. The lowest BCUT2D eigenvalue weighted by atomic mass is 10.0. The van der Waals surface area contributed by atoms with Gasteiger partial charge < -0.3 is 75.0 Å². The van der Waals surface area contributed by atoms with Crippen molar-refractivity contribution >= 4 is 65.0 Å². The molecule has 10 amide bonds. The number of primary amides is 2. The molecule has 8 atom stereocenters. The monoisotopic (exact) mass is 1050 g/mol. The van der Waals surface area contributed by atoms with Gasteiger partial charge in [0.05, 0.1) is 12.7 Å². The van der Waals surface area contributed by atoms with Crippen molar-refractivity contribution in [2.45, 2.75) is 167 Å². The molecule has 2 aromatic rings. The van der Waals surface area contributed by atoms with Crippen LogP contribution >= 0.6 is 0 Å². The Bertz CT molecular complexity index is 2270. The van der Waals surface area contributed by atoms with Gasteiger partial charge in [-0.2, -0.15) is 0 Å². The first-order valence-electron chi connectivity index (χ1n) is 25.3. The van der Waals surface area contributed by atoms with Crippen LogP contribution in [0.1, 0.15) is 118 Å². The molecule has 0 radical (unpaired) electrons. The first kappa shape index (κ1) is 61.7. The number of nitrogens with zero attached hydrogens (tertiary/aromatic N) is 4. The molecule has 0 aromatic carbocycles. The number of nitrogens with one attached hydrogen (secondary N) is 9. The SMILES string of the molecule is CC(=O)N[C@@H](CC(C)C)C(=O)N[C@@H](Cc1cnc[nH]1)C(=O)N1CCC[C@H]1C(=O)N[C@@H](Cc1cnc[nH]1)C(=O)N[C@@H](CC(C)C)C(=O)N[C@@H](CCC(N)=O)C(=O)N[C@@H](CCCN=C(N)N)C(=O)N[C@@H](CC(C)C)C(N)=O. The third-order valence-electron chi connectivity index (χ3n) is 12.0. The Morgan fingerprint density at radius 1 is 0.613 bits per heavy atom. The molecule has 3 rings (SSSR count). The van der Waals surface area contributed by atoms with Crippen molar-refractivity contribution in [2.75, 3.05) is 13.1 Å². The van der Waals surface area contributed by atoms with Crippen molar-refractivity contribution in [1.29, 1.82) is 0 Å². The third-order valence-corrected chi connectivity index (χ3v) is 12.0. The maximum atomic E-state index is 14.5. The summed E-state index contributed by atoms with van der Waals surface area (Å²) in [4.78, 5) is 154. The average Bonchev–Trinajstić information content (AvgIpc) is 4.14. The molecule has 0 unspecified atom stereocenters. The number of aromatic nitrogens is 4. The van der Waals surface area contributed by atoms with Crippen LogP contribution in [0.3, 0.4) is 0 Å². The van der Waals surface area contributed by atoms with Gasteiger partial charge in [0.2, 0.25) is 59.1 Å². The zero-order valence-electron chi connectivity index (χ0n) is 44.0. The number of H-pyrrole nitrogens is 2. The molecule has 1 saturated heterocycles. The Balaban J connectivity index is 1.90. The van der Waals surface area contributed by atoms with Crippen LogP contribution in [0, 0.1) is 17.8 Å². The van der Waals surface area contributed by atoms with Crippen molar-refractivity contribution in [1.82, 2.24) is 62.1 Å². The first-order valence-corrected chi connectivity index (χ1v) is 25.3. The number of aromatic amines is 2. The molecule has 1 aliphatic rings. The Kier molecular flexibility index (Phi) is 25.1. The summed E-state index contributed by atoms with van der Waals surface area (Å²) in [6.07, 6.45) is 6.19. The Labute approximate surface area is 436 Å². The van der Waals surface area contributed by atoms with Gasteiger partial charge in [0.25, 0.3) is 0 Å². The molecule has 1 fully saturated rings. The lowest BCUT2D eigenvalue weighted by Gasteiger charge is -2.31. The highest BCUT2D eigenvalue weighted by Gasteiger charge is 2.41. The second kappa shape index (κ2) is 30.6. The molecule has 3 heterocycles. The van der Waals surface area contributed by atoms with Crippen molar-refractivity contribution in [3.8, 4) is 0 Å². The van der Waals surface area contributed by atoms with E-state index in [2.05, 4.69) is 62.1 Å². The van der Waals surface area contributed by atoms with Gasteiger partial charge in [0, 0.05) is 63.1 Å². The summed E-state index contributed by atoms with van der Waals surface area (Å²) in [5.41, 5.74) is 22.9. The number of carbonyl (C=O) groups is 10. The summed E-state index contributed by atoms with van der Waals surface area (Å²) in [6, 6.07) is -9.76. The summed E-state index contributed by atoms with van der Waals surface area (Å²) >= 11 is 0. The first-order chi connectivity index (χ1) is 35.3. The smallest absolute Gasteiger partial charge is 0.246 e. The topological polar surface area (TPSA) is 432 Å². The van der Waals surface area contributed by atoms with Crippen LogP contribution in [0.25, 0.3) is 0 Å². The number of aliphatic imine (C=N–C) groups is 1. The van der Waals surface area contributed by atoms with E-state index in [1.54, 1.807) is 13.8 Å². The van der Waals surface area contributed by atoms with Gasteiger partial charge in [0.1, 0.15) is 48.3 Å². The van der Waals surface area contributed by atoms with Gasteiger partial charge in [-0.1, -0.05) is 41.5 Å². The lowest BCUT2D eigenvalue weighted by molar-refractivity contribution is -0.142. The number of hydrogen-bond acceptors (Lipinski definition) is 13. The fourth-order valence-corrected chi connectivity index (χ4v) is 8.47. The van der Waals surface area contributed by atoms with E-state index in [4.69, 9.17) is 22.9 Å². The number of carbonyl (C=O) groups excluding carboxylic acids is 10. The quantitative estimate of drug-likeness (QED) is 0.0201. The van der Waals surface area contributed by atoms with E-state index in [0.717, 1.165) is 0 Å². The van der Waals surface area contributed by atoms with E-state index in [1.807, 2.05) is 27.7 Å². The number of guanidine groups is 1. The van der Waals surface area contributed by atoms with Crippen LogP contribution in [0.5, 0.6) is 0 Å². The Morgan fingerprint density at radius 2 is 1.07 bits per heavy atom. The summed E-state index contributed by atoms with van der Waals surface area (Å²) in [5, 5.41) is 18.7. The van der Waals surface area contributed by atoms with Gasteiger partial charge in [-0.3, -0.25) is 52.9 Å². The fraction of sp³-hybridized carbons (Fsp3) is 0.646. The summed E-state index contributed by atoms with van der Waals surface area (Å²) < 4.78 is 0. The van der Waals surface area contributed by atoms with Crippen LogP contribution in [0.2, 0.25) is 0 Å². The van der Waals surface area contributed by atoms with E-state index in [0.29, 0.717) is 24.2 Å². The molecule has 0 saturated carbocycles. The normalized spacial score (nSPS) is 16.1. The van der Waals surface area contributed by atoms with E-state index in [1.165, 1.54) is 36.9 Å². The van der Waals surface area contributed by atoms with Crippen LogP contribution < -0.4 is 60.2 Å². The maximum absolute atomic E-state index is 14.5. The molecule has 17 N–H and O–H groups in total. The second-order valence-electron chi connectivity index (χ2n) is 20.1. The molecule has 2 aromatic heterocycles. The maximum Gasteiger partial charge on any atom is 0.246 e. The fourth-order valence-electron chi connectivity index (χ4n) is 8.47.